The van der Waals surface area contributed by atoms with Crippen LogP contribution in [0.2, 0.25) is 0 Å². The van der Waals surface area contributed by atoms with E-state index in [2.05, 4.69) is 0 Å². The Balaban J connectivity index is 2.06. The van der Waals surface area contributed by atoms with Crippen molar-refractivity contribution in [3.05, 3.63) is 65.3 Å². The normalized spacial score (nSPS) is 15.6. The zero-order valence-electron chi connectivity index (χ0n) is 11.0. The van der Waals surface area contributed by atoms with Gasteiger partial charge in [0, 0.05) is 5.69 Å². The van der Waals surface area contributed by atoms with Crippen LogP contribution in [0.5, 0.6) is 0 Å². The summed E-state index contributed by atoms with van der Waals surface area (Å²) < 4.78 is 38.2. The summed E-state index contributed by atoms with van der Waals surface area (Å²) in [6.45, 7) is 0. The molecule has 0 fully saturated rings. The number of nitrogens with two attached hydrogens (primary N) is 1. The highest BCUT2D eigenvalue weighted by Gasteiger charge is 2.32. The van der Waals surface area contributed by atoms with Gasteiger partial charge in [-0.2, -0.15) is 13.2 Å². The number of rotatable bonds is 3. The predicted molar refractivity (Wildman–Crippen MR) is 75.2 cm³/mol. The molecule has 4 heteroatoms. The van der Waals surface area contributed by atoms with Crippen LogP contribution in [0.3, 0.4) is 0 Å². The highest BCUT2D eigenvalue weighted by atomic mass is 19.4. The van der Waals surface area contributed by atoms with Gasteiger partial charge in [0.1, 0.15) is 0 Å². The second-order valence-corrected chi connectivity index (χ2v) is 4.76. The van der Waals surface area contributed by atoms with Gasteiger partial charge in [0.15, 0.2) is 0 Å². The monoisotopic (exact) mass is 279 g/mol. The summed E-state index contributed by atoms with van der Waals surface area (Å²) in [7, 11) is 0. The Hall–Kier alpha value is -1.97. The van der Waals surface area contributed by atoms with Gasteiger partial charge in [-0.3, -0.25) is 0 Å². The molecule has 0 bridgehead atoms. The third-order valence-electron chi connectivity index (χ3n) is 3.16. The summed E-state index contributed by atoms with van der Waals surface area (Å²) in [6, 6.07) is 7.40. The number of anilines is 1. The Morgan fingerprint density at radius 2 is 1.75 bits per heavy atom. The summed E-state index contributed by atoms with van der Waals surface area (Å²) in [4.78, 5) is 0. The first-order valence-electron chi connectivity index (χ1n) is 6.44. The molecule has 1 aromatic carbocycles. The van der Waals surface area contributed by atoms with Crippen molar-refractivity contribution in [2.24, 2.45) is 0 Å². The highest BCUT2D eigenvalue weighted by molar-refractivity contribution is 5.40. The Bertz CT molecular complexity index is 548. The topological polar surface area (TPSA) is 26.0 Å². The van der Waals surface area contributed by atoms with Crippen LogP contribution in [0, 0.1) is 0 Å². The Morgan fingerprint density at radius 1 is 1.05 bits per heavy atom. The van der Waals surface area contributed by atoms with E-state index in [0.29, 0.717) is 30.5 Å². The van der Waals surface area contributed by atoms with Crippen molar-refractivity contribution in [1.82, 2.24) is 0 Å². The molecule has 0 heterocycles. The van der Waals surface area contributed by atoms with Crippen molar-refractivity contribution in [2.45, 2.75) is 25.4 Å². The van der Waals surface area contributed by atoms with Gasteiger partial charge < -0.3 is 5.73 Å². The van der Waals surface area contributed by atoms with E-state index in [1.807, 2.05) is 12.1 Å². The van der Waals surface area contributed by atoms with Crippen LogP contribution in [-0.2, 0) is 6.42 Å². The zero-order valence-corrected chi connectivity index (χ0v) is 11.0. The van der Waals surface area contributed by atoms with Gasteiger partial charge in [0.2, 0.25) is 0 Å². The van der Waals surface area contributed by atoms with E-state index in [9.17, 15) is 13.2 Å². The molecule has 0 aliphatic heterocycles. The third kappa shape index (κ3) is 4.02. The number of halogens is 3. The van der Waals surface area contributed by atoms with Gasteiger partial charge in [-0.25, -0.2) is 0 Å². The van der Waals surface area contributed by atoms with E-state index < -0.39 is 11.7 Å². The van der Waals surface area contributed by atoms with Crippen LogP contribution in [0.25, 0.3) is 0 Å². The number of hydrogen-bond donors (Lipinski definition) is 1. The molecule has 1 nitrogen and oxygen atoms in total. The highest BCUT2D eigenvalue weighted by Crippen LogP contribution is 2.30. The summed E-state index contributed by atoms with van der Waals surface area (Å²) in [5.74, 6) is 0. The summed E-state index contributed by atoms with van der Waals surface area (Å²) in [5.41, 5.74) is 7.48. The largest absolute Gasteiger partial charge is 0.416 e. The molecule has 0 atom stereocenters. The van der Waals surface area contributed by atoms with E-state index in [0.717, 1.165) is 5.56 Å². The van der Waals surface area contributed by atoms with Crippen LogP contribution in [0.4, 0.5) is 18.9 Å². The lowest BCUT2D eigenvalue weighted by Crippen LogP contribution is -2.10. The maximum absolute atomic E-state index is 12.7. The molecule has 1 aromatic rings. The minimum Gasteiger partial charge on any atom is -0.399 e. The summed E-state index contributed by atoms with van der Waals surface area (Å²) >= 11 is 0. The van der Waals surface area contributed by atoms with E-state index in [1.54, 1.807) is 24.3 Å². The number of benzene rings is 1. The second-order valence-electron chi connectivity index (χ2n) is 4.76. The quantitative estimate of drug-likeness (QED) is 0.805. The van der Waals surface area contributed by atoms with Crippen LogP contribution >= 0.6 is 0 Å². The molecule has 20 heavy (non-hydrogen) atoms. The molecule has 0 unspecified atom stereocenters. The average Bonchev–Trinajstić information content (AvgIpc) is 2.63. The van der Waals surface area contributed by atoms with Crippen LogP contribution in [0.1, 0.15) is 18.4 Å². The Morgan fingerprint density at radius 3 is 2.40 bits per heavy atom. The van der Waals surface area contributed by atoms with E-state index in [4.69, 9.17) is 5.73 Å². The number of nitrogen functional groups attached to an aromatic ring is 1. The van der Waals surface area contributed by atoms with Crippen LogP contribution in [-0.4, -0.2) is 6.18 Å². The molecule has 0 amide bonds. The standard InChI is InChI=1S/C16H16F3N/c17-16(18,19)14-4-2-1-3-13(11-14)6-5-12-7-9-15(20)10-8-12/h1,3-4,7-11H,2,5-6,20H2. The van der Waals surface area contributed by atoms with Gasteiger partial charge >= 0.3 is 6.18 Å². The van der Waals surface area contributed by atoms with Crippen LogP contribution in [0.15, 0.2) is 59.7 Å². The lowest BCUT2D eigenvalue weighted by Gasteiger charge is -2.08. The molecule has 0 spiro atoms. The average molecular weight is 279 g/mol. The SMILES string of the molecule is Nc1ccc(CCC2=CC(C(F)(F)F)=CCC=C2)cc1. The van der Waals surface area contributed by atoms with E-state index in [1.165, 1.54) is 12.2 Å². The van der Waals surface area contributed by atoms with Crippen molar-refractivity contribution in [2.75, 3.05) is 5.73 Å². The fourth-order valence-corrected chi connectivity index (χ4v) is 2.05. The molecule has 0 saturated heterocycles. The lowest BCUT2D eigenvalue weighted by atomic mass is 10.0. The first-order valence-corrected chi connectivity index (χ1v) is 6.44. The first kappa shape index (κ1) is 14.4. The molecular weight excluding hydrogens is 263 g/mol. The molecule has 0 radical (unpaired) electrons. The lowest BCUT2D eigenvalue weighted by molar-refractivity contribution is -0.0884. The molecular formula is C16H16F3N. The maximum atomic E-state index is 12.7. The number of hydrogen-bond acceptors (Lipinski definition) is 1. The number of alkyl halides is 3. The smallest absolute Gasteiger partial charge is 0.399 e. The molecule has 2 N–H and O–H groups in total. The molecule has 1 aliphatic carbocycles. The molecule has 0 saturated carbocycles. The zero-order chi connectivity index (χ0) is 14.6. The van der Waals surface area contributed by atoms with Gasteiger partial charge in [0.05, 0.1) is 5.57 Å². The minimum absolute atomic E-state index is 0.316. The third-order valence-corrected chi connectivity index (χ3v) is 3.16. The molecule has 106 valence electrons. The van der Waals surface area contributed by atoms with Crippen LogP contribution < -0.4 is 5.73 Å². The van der Waals surface area contributed by atoms with Gasteiger partial charge in [0.25, 0.3) is 0 Å². The Labute approximate surface area is 116 Å². The van der Waals surface area contributed by atoms with E-state index in [-0.39, 0.29) is 0 Å². The van der Waals surface area contributed by atoms with Gasteiger partial charge in [-0.05, 0) is 48.6 Å². The van der Waals surface area contributed by atoms with Crippen molar-refractivity contribution in [1.29, 1.82) is 0 Å². The Kier molecular flexibility index (Phi) is 4.32. The van der Waals surface area contributed by atoms with Crippen molar-refractivity contribution >= 4 is 5.69 Å². The maximum Gasteiger partial charge on any atom is 0.416 e. The van der Waals surface area contributed by atoms with E-state index >= 15 is 0 Å². The van der Waals surface area contributed by atoms with Crippen molar-refractivity contribution in [3.8, 4) is 0 Å². The molecule has 2 rings (SSSR count). The summed E-state index contributed by atoms with van der Waals surface area (Å²) in [6.07, 6.45) is 3.29. The predicted octanol–water partition coefficient (Wildman–Crippen LogP) is 4.58. The van der Waals surface area contributed by atoms with Gasteiger partial charge in [-0.15, -0.1) is 0 Å². The van der Waals surface area contributed by atoms with Crippen molar-refractivity contribution < 1.29 is 13.2 Å². The number of allylic oxidation sites excluding steroid dienone is 6. The molecule has 1 aliphatic rings. The minimum atomic E-state index is -4.28. The van der Waals surface area contributed by atoms with Gasteiger partial charge in [-0.1, -0.05) is 30.4 Å². The summed E-state index contributed by atoms with van der Waals surface area (Å²) in [5, 5.41) is 0. The second kappa shape index (κ2) is 5.99. The fraction of sp³-hybridized carbons (Fsp3) is 0.250. The first-order chi connectivity index (χ1) is 9.45. The number of aryl methyl sites for hydroxylation is 1. The molecule has 0 aromatic heterocycles. The fourth-order valence-electron chi connectivity index (χ4n) is 2.05. The van der Waals surface area contributed by atoms with Crippen molar-refractivity contribution in [3.63, 3.8) is 0 Å².